The van der Waals surface area contributed by atoms with Gasteiger partial charge in [0.25, 0.3) is 15.9 Å². The molecule has 1 amide bonds. The molecule has 2 aromatic rings. The standard InChI is InChI=1S/C21H22F3N3O4S/c1-4-19-26-32(29,30)18-12-15(7-8-17(18)27(19)9-10-31-3)25-20(28)14-6-5-13(2)16(11-14)21(22,23)24/h5-8,11-12H,4,9-10H2,1-3H3,(H,25,28). The number of ether oxygens (including phenoxy) is 1. The Morgan fingerprint density at radius 1 is 1.19 bits per heavy atom. The average Bonchev–Trinajstić information content (AvgIpc) is 2.72. The van der Waals surface area contributed by atoms with Crippen LogP contribution in [0, 0.1) is 6.92 Å². The minimum atomic E-state index is -4.60. The lowest BCUT2D eigenvalue weighted by atomic mass is 10.0. The van der Waals surface area contributed by atoms with Crippen LogP contribution in [0.3, 0.4) is 0 Å². The quantitative estimate of drug-likeness (QED) is 0.684. The van der Waals surface area contributed by atoms with E-state index in [0.717, 1.165) is 6.07 Å². The maximum atomic E-state index is 13.2. The van der Waals surface area contributed by atoms with Gasteiger partial charge in [0.1, 0.15) is 10.7 Å². The van der Waals surface area contributed by atoms with Crippen LogP contribution in [0.1, 0.15) is 34.8 Å². The molecule has 32 heavy (non-hydrogen) atoms. The number of nitrogens with one attached hydrogen (secondary N) is 1. The molecule has 1 N–H and O–H groups in total. The summed E-state index contributed by atoms with van der Waals surface area (Å²) >= 11 is 0. The highest BCUT2D eigenvalue weighted by molar-refractivity contribution is 7.90. The number of amidine groups is 1. The highest BCUT2D eigenvalue weighted by Gasteiger charge is 2.33. The van der Waals surface area contributed by atoms with Crippen molar-refractivity contribution in [2.75, 3.05) is 30.5 Å². The van der Waals surface area contributed by atoms with E-state index in [4.69, 9.17) is 4.74 Å². The molecule has 1 aliphatic rings. The molecule has 0 atom stereocenters. The molecule has 0 unspecified atom stereocenters. The molecule has 0 fully saturated rings. The van der Waals surface area contributed by atoms with E-state index in [1.807, 2.05) is 0 Å². The first-order valence-corrected chi connectivity index (χ1v) is 11.2. The maximum absolute atomic E-state index is 13.2. The fourth-order valence-corrected chi connectivity index (χ4v) is 4.68. The molecule has 1 aliphatic heterocycles. The summed E-state index contributed by atoms with van der Waals surface area (Å²) in [7, 11) is -2.48. The Morgan fingerprint density at radius 2 is 1.91 bits per heavy atom. The smallest absolute Gasteiger partial charge is 0.383 e. The van der Waals surface area contributed by atoms with Crippen molar-refractivity contribution < 1.29 is 31.1 Å². The lowest BCUT2D eigenvalue weighted by Gasteiger charge is -2.30. The predicted octanol–water partition coefficient (Wildman–Crippen LogP) is 4.23. The van der Waals surface area contributed by atoms with Gasteiger partial charge in [-0.15, -0.1) is 4.40 Å². The molecular weight excluding hydrogens is 447 g/mol. The summed E-state index contributed by atoms with van der Waals surface area (Å²) in [5.41, 5.74) is -0.602. The number of amides is 1. The van der Waals surface area contributed by atoms with Crippen LogP contribution in [0.2, 0.25) is 0 Å². The van der Waals surface area contributed by atoms with Crippen molar-refractivity contribution in [2.24, 2.45) is 4.40 Å². The van der Waals surface area contributed by atoms with Crippen molar-refractivity contribution in [2.45, 2.75) is 31.3 Å². The van der Waals surface area contributed by atoms with Gasteiger partial charge in [0.15, 0.2) is 0 Å². The fourth-order valence-electron chi connectivity index (χ4n) is 3.36. The van der Waals surface area contributed by atoms with Crippen molar-refractivity contribution in [3.63, 3.8) is 0 Å². The number of hydrogen-bond acceptors (Lipinski definition) is 5. The zero-order chi connectivity index (χ0) is 23.7. The molecular formula is C21H22F3N3O4S. The lowest BCUT2D eigenvalue weighted by Crippen LogP contribution is -2.37. The zero-order valence-corrected chi connectivity index (χ0v) is 18.5. The van der Waals surface area contributed by atoms with Crippen LogP contribution in [0.15, 0.2) is 45.7 Å². The number of carbonyl (C=O) groups excluding carboxylic acids is 1. The van der Waals surface area contributed by atoms with Gasteiger partial charge >= 0.3 is 6.18 Å². The van der Waals surface area contributed by atoms with E-state index in [1.54, 1.807) is 11.8 Å². The fraction of sp³-hybridized carbons (Fsp3) is 0.333. The molecule has 0 saturated carbocycles. The third kappa shape index (κ3) is 4.78. The Kier molecular flexibility index (Phi) is 6.61. The summed E-state index contributed by atoms with van der Waals surface area (Å²) in [5.74, 6) is -0.427. The third-order valence-corrected chi connectivity index (χ3v) is 6.30. The molecule has 7 nitrogen and oxygen atoms in total. The topological polar surface area (TPSA) is 88.1 Å². The van der Waals surface area contributed by atoms with Gasteiger partial charge in [-0.3, -0.25) is 4.79 Å². The maximum Gasteiger partial charge on any atom is 0.416 e. The van der Waals surface area contributed by atoms with Crippen LogP contribution < -0.4 is 10.2 Å². The van der Waals surface area contributed by atoms with Gasteiger partial charge in [0, 0.05) is 31.3 Å². The number of methoxy groups -OCH3 is 1. The SMILES string of the molecule is CCC1=NS(=O)(=O)c2cc(NC(=O)c3ccc(C)c(C(F)(F)F)c3)ccc2N1CCOC. The largest absolute Gasteiger partial charge is 0.416 e. The van der Waals surface area contributed by atoms with Crippen molar-refractivity contribution in [1.82, 2.24) is 0 Å². The summed E-state index contributed by atoms with van der Waals surface area (Å²) in [4.78, 5) is 14.2. The van der Waals surface area contributed by atoms with Crippen LogP contribution in [-0.4, -0.2) is 40.4 Å². The first-order valence-electron chi connectivity index (χ1n) is 9.71. The summed E-state index contributed by atoms with van der Waals surface area (Å²) in [6.07, 6.45) is -4.21. The second-order valence-electron chi connectivity index (χ2n) is 7.14. The molecule has 0 spiro atoms. The lowest BCUT2D eigenvalue weighted by molar-refractivity contribution is -0.138. The Balaban J connectivity index is 1.94. The number of rotatable bonds is 6. The van der Waals surface area contributed by atoms with Gasteiger partial charge in [-0.05, 0) is 42.8 Å². The number of carbonyl (C=O) groups is 1. The Bertz CT molecular complexity index is 1180. The van der Waals surface area contributed by atoms with E-state index < -0.39 is 27.7 Å². The molecule has 11 heteroatoms. The third-order valence-electron chi connectivity index (χ3n) is 4.96. The van der Waals surface area contributed by atoms with E-state index in [-0.39, 0.29) is 21.7 Å². The van der Waals surface area contributed by atoms with Gasteiger partial charge in [-0.25, -0.2) is 0 Å². The predicted molar refractivity (Wildman–Crippen MR) is 115 cm³/mol. The van der Waals surface area contributed by atoms with Crippen molar-refractivity contribution in [3.05, 3.63) is 53.1 Å². The number of alkyl halides is 3. The second-order valence-corrected chi connectivity index (χ2v) is 8.72. The number of anilines is 2. The minimum Gasteiger partial charge on any atom is -0.383 e. The number of fused-ring (bicyclic) bond motifs is 1. The van der Waals surface area contributed by atoms with E-state index in [9.17, 15) is 26.4 Å². The number of hydrogen-bond donors (Lipinski definition) is 1. The number of aryl methyl sites for hydroxylation is 1. The monoisotopic (exact) mass is 469 g/mol. The normalized spacial score (nSPS) is 15.2. The summed E-state index contributed by atoms with van der Waals surface area (Å²) < 4.78 is 73.8. The zero-order valence-electron chi connectivity index (χ0n) is 17.7. The van der Waals surface area contributed by atoms with Crippen LogP contribution in [-0.2, 0) is 20.9 Å². The molecule has 1 heterocycles. The number of benzene rings is 2. The Morgan fingerprint density at radius 3 is 2.53 bits per heavy atom. The summed E-state index contributed by atoms with van der Waals surface area (Å²) in [6, 6.07) is 7.52. The molecule has 172 valence electrons. The number of halogens is 3. The highest BCUT2D eigenvalue weighted by Crippen LogP contribution is 2.35. The summed E-state index contributed by atoms with van der Waals surface area (Å²) in [6.45, 7) is 3.80. The van der Waals surface area contributed by atoms with Crippen LogP contribution >= 0.6 is 0 Å². The average molecular weight is 469 g/mol. The second kappa shape index (κ2) is 8.91. The van der Waals surface area contributed by atoms with E-state index >= 15 is 0 Å². The first kappa shape index (κ1) is 23.7. The van der Waals surface area contributed by atoms with Gasteiger partial charge in [-0.2, -0.15) is 21.6 Å². The van der Waals surface area contributed by atoms with Crippen molar-refractivity contribution in [1.29, 1.82) is 0 Å². The molecule has 0 aromatic heterocycles. The number of sulfonamides is 1. The molecule has 0 radical (unpaired) electrons. The summed E-state index contributed by atoms with van der Waals surface area (Å²) in [5, 5.41) is 2.47. The first-order chi connectivity index (χ1) is 15.0. The molecule has 0 saturated heterocycles. The van der Waals surface area contributed by atoms with Crippen molar-refractivity contribution in [3.8, 4) is 0 Å². The van der Waals surface area contributed by atoms with Crippen LogP contribution in [0.4, 0.5) is 24.5 Å². The van der Waals surface area contributed by atoms with E-state index in [0.29, 0.717) is 31.1 Å². The molecule has 2 aromatic carbocycles. The number of nitrogens with zero attached hydrogens (tertiary/aromatic N) is 2. The van der Waals surface area contributed by atoms with E-state index in [2.05, 4.69) is 9.71 Å². The van der Waals surface area contributed by atoms with Crippen molar-refractivity contribution >= 4 is 33.1 Å². The van der Waals surface area contributed by atoms with Gasteiger partial charge < -0.3 is 15.0 Å². The Labute approximate surface area is 184 Å². The van der Waals surface area contributed by atoms with Gasteiger partial charge in [0.05, 0.1) is 17.9 Å². The Hall–Kier alpha value is -2.92. The van der Waals surface area contributed by atoms with Gasteiger partial charge in [0.2, 0.25) is 0 Å². The molecule has 0 bridgehead atoms. The van der Waals surface area contributed by atoms with E-state index in [1.165, 1.54) is 44.4 Å². The molecule has 0 aliphatic carbocycles. The minimum absolute atomic E-state index is 0.00494. The molecule has 3 rings (SSSR count). The van der Waals surface area contributed by atoms with Crippen LogP contribution in [0.25, 0.3) is 0 Å². The highest BCUT2D eigenvalue weighted by atomic mass is 32.2. The van der Waals surface area contributed by atoms with Gasteiger partial charge in [-0.1, -0.05) is 13.0 Å². The van der Waals surface area contributed by atoms with Crippen LogP contribution in [0.5, 0.6) is 0 Å².